The largest absolute Gasteiger partial charge is 0.398 e. The zero-order valence-corrected chi connectivity index (χ0v) is 13.0. The summed E-state index contributed by atoms with van der Waals surface area (Å²) in [5, 5.41) is 0. The molecule has 0 aliphatic carbocycles. The predicted octanol–water partition coefficient (Wildman–Crippen LogP) is 2.20. The number of anilines is 1. The van der Waals surface area contributed by atoms with Gasteiger partial charge in [0.2, 0.25) is 0 Å². The van der Waals surface area contributed by atoms with E-state index < -0.39 is 0 Å². The lowest BCUT2D eigenvalue weighted by molar-refractivity contribution is 0.0635. The molecule has 5 heteroatoms. The number of carbonyl (C=O) groups excluding carboxylic acids is 1. The van der Waals surface area contributed by atoms with Crippen molar-refractivity contribution in [3.05, 3.63) is 28.2 Å². The third kappa shape index (κ3) is 3.28. The Hall–Kier alpha value is -1.07. The van der Waals surface area contributed by atoms with Gasteiger partial charge in [-0.2, -0.15) is 0 Å². The molecule has 0 saturated carbocycles. The van der Waals surface area contributed by atoms with E-state index >= 15 is 0 Å². The van der Waals surface area contributed by atoms with E-state index in [4.69, 9.17) is 5.73 Å². The Morgan fingerprint density at radius 3 is 2.84 bits per heavy atom. The number of hydrogen-bond donors (Lipinski definition) is 1. The zero-order chi connectivity index (χ0) is 14.0. The van der Waals surface area contributed by atoms with Gasteiger partial charge in [0.05, 0.1) is 0 Å². The van der Waals surface area contributed by atoms with E-state index in [0.717, 1.165) is 30.4 Å². The number of rotatable bonds is 2. The number of benzene rings is 1. The van der Waals surface area contributed by atoms with Gasteiger partial charge in [-0.05, 0) is 61.1 Å². The number of halogens is 1. The van der Waals surface area contributed by atoms with E-state index in [1.54, 1.807) is 18.2 Å². The Morgan fingerprint density at radius 2 is 2.21 bits per heavy atom. The Kier molecular flexibility index (Phi) is 4.47. The summed E-state index contributed by atoms with van der Waals surface area (Å²) >= 11 is 3.37. The Labute approximate surface area is 122 Å². The second kappa shape index (κ2) is 5.92. The van der Waals surface area contributed by atoms with E-state index in [2.05, 4.69) is 34.9 Å². The summed E-state index contributed by atoms with van der Waals surface area (Å²) in [5.74, 6) is 0.0900. The lowest BCUT2D eigenvalue weighted by atomic mass is 10.0. The fourth-order valence-corrected chi connectivity index (χ4v) is 2.78. The standard InChI is InChI=1S/C14H20BrN3O/c1-17(2)11-4-3-7-18(9-11)14(19)10-5-6-13(16)12(15)8-10/h5-6,8,11H,3-4,7,9,16H2,1-2H3. The van der Waals surface area contributed by atoms with Crippen molar-refractivity contribution in [3.8, 4) is 0 Å². The third-order valence-electron chi connectivity index (χ3n) is 3.66. The Balaban J connectivity index is 2.12. The molecule has 1 amide bonds. The van der Waals surface area contributed by atoms with Crippen molar-refractivity contribution in [2.24, 2.45) is 0 Å². The van der Waals surface area contributed by atoms with Crippen LogP contribution in [0.5, 0.6) is 0 Å². The SMILES string of the molecule is CN(C)C1CCCN(C(=O)c2ccc(N)c(Br)c2)C1. The fourth-order valence-electron chi connectivity index (χ4n) is 2.40. The molecule has 19 heavy (non-hydrogen) atoms. The summed E-state index contributed by atoms with van der Waals surface area (Å²) in [6.07, 6.45) is 2.22. The van der Waals surface area contributed by atoms with Crippen LogP contribution in [-0.4, -0.2) is 48.9 Å². The molecule has 1 unspecified atom stereocenters. The van der Waals surface area contributed by atoms with Crippen LogP contribution in [-0.2, 0) is 0 Å². The molecule has 0 spiro atoms. The lowest BCUT2D eigenvalue weighted by Crippen LogP contribution is -2.47. The molecule has 4 nitrogen and oxygen atoms in total. The van der Waals surface area contributed by atoms with Crippen molar-refractivity contribution in [2.75, 3.05) is 32.9 Å². The second-order valence-corrected chi connectivity index (χ2v) is 6.10. The van der Waals surface area contributed by atoms with Crippen LogP contribution in [0.2, 0.25) is 0 Å². The molecule has 0 aromatic heterocycles. The number of nitrogens with two attached hydrogens (primary N) is 1. The van der Waals surface area contributed by atoms with Gasteiger partial charge in [0.25, 0.3) is 5.91 Å². The van der Waals surface area contributed by atoms with E-state index in [0.29, 0.717) is 17.3 Å². The molecule has 2 N–H and O–H groups in total. The minimum absolute atomic E-state index is 0.0900. The summed E-state index contributed by atoms with van der Waals surface area (Å²) in [6, 6.07) is 5.82. The number of nitrogens with zero attached hydrogens (tertiary/aromatic N) is 2. The van der Waals surface area contributed by atoms with Gasteiger partial charge in [0.15, 0.2) is 0 Å². The van der Waals surface area contributed by atoms with E-state index in [1.807, 2.05) is 4.90 Å². The van der Waals surface area contributed by atoms with Gasteiger partial charge in [0, 0.05) is 34.9 Å². The maximum absolute atomic E-state index is 12.5. The first-order chi connectivity index (χ1) is 8.99. The number of likely N-dealkylation sites (tertiary alicyclic amines) is 1. The second-order valence-electron chi connectivity index (χ2n) is 5.25. The molecule has 1 saturated heterocycles. The summed E-state index contributed by atoms with van der Waals surface area (Å²) in [7, 11) is 4.14. The van der Waals surface area contributed by atoms with Crippen LogP contribution < -0.4 is 5.73 Å². The average Bonchev–Trinajstić information content (AvgIpc) is 2.41. The summed E-state index contributed by atoms with van der Waals surface area (Å²) in [5.41, 5.74) is 7.10. The highest BCUT2D eigenvalue weighted by molar-refractivity contribution is 9.10. The van der Waals surface area contributed by atoms with Gasteiger partial charge < -0.3 is 15.5 Å². The molecule has 104 valence electrons. The number of piperidine rings is 1. The minimum atomic E-state index is 0.0900. The van der Waals surface area contributed by atoms with Crippen LogP contribution >= 0.6 is 15.9 Å². The molecule has 1 aromatic carbocycles. The van der Waals surface area contributed by atoms with Crippen molar-refractivity contribution >= 4 is 27.5 Å². The van der Waals surface area contributed by atoms with E-state index in [1.165, 1.54) is 0 Å². The van der Waals surface area contributed by atoms with Gasteiger partial charge in [-0.15, -0.1) is 0 Å². The first kappa shape index (κ1) is 14.3. The van der Waals surface area contributed by atoms with E-state index in [-0.39, 0.29) is 5.91 Å². The van der Waals surface area contributed by atoms with Crippen molar-refractivity contribution in [1.82, 2.24) is 9.80 Å². The number of amides is 1. The molecule has 2 rings (SSSR count). The normalized spacial score (nSPS) is 19.8. The van der Waals surface area contributed by atoms with Crippen LogP contribution in [0.25, 0.3) is 0 Å². The topological polar surface area (TPSA) is 49.6 Å². The van der Waals surface area contributed by atoms with Crippen molar-refractivity contribution in [2.45, 2.75) is 18.9 Å². The van der Waals surface area contributed by atoms with Crippen LogP contribution in [0.4, 0.5) is 5.69 Å². The Morgan fingerprint density at radius 1 is 1.47 bits per heavy atom. The molecule has 0 bridgehead atoms. The molecular formula is C14H20BrN3O. The first-order valence-electron chi connectivity index (χ1n) is 6.50. The first-order valence-corrected chi connectivity index (χ1v) is 7.29. The van der Waals surface area contributed by atoms with Crippen molar-refractivity contribution in [1.29, 1.82) is 0 Å². The Bertz CT molecular complexity index is 476. The van der Waals surface area contributed by atoms with Crippen molar-refractivity contribution in [3.63, 3.8) is 0 Å². The number of carbonyl (C=O) groups is 1. The molecular weight excluding hydrogens is 306 g/mol. The molecule has 1 aromatic rings. The highest BCUT2D eigenvalue weighted by Gasteiger charge is 2.25. The van der Waals surface area contributed by atoms with Gasteiger partial charge >= 0.3 is 0 Å². The summed E-state index contributed by atoms with van der Waals surface area (Å²) in [6.45, 7) is 1.64. The molecule has 1 fully saturated rings. The molecule has 1 aliphatic rings. The fraction of sp³-hybridized carbons (Fsp3) is 0.500. The average molecular weight is 326 g/mol. The molecule has 1 atom stereocenters. The highest BCUT2D eigenvalue weighted by Crippen LogP contribution is 2.22. The monoisotopic (exact) mass is 325 g/mol. The molecule has 0 radical (unpaired) electrons. The maximum Gasteiger partial charge on any atom is 0.253 e. The van der Waals surface area contributed by atoms with Gasteiger partial charge in [-0.25, -0.2) is 0 Å². The summed E-state index contributed by atoms with van der Waals surface area (Å²) in [4.78, 5) is 16.6. The van der Waals surface area contributed by atoms with Crippen molar-refractivity contribution < 1.29 is 4.79 Å². The maximum atomic E-state index is 12.5. The third-order valence-corrected chi connectivity index (χ3v) is 4.35. The van der Waals surface area contributed by atoms with Crippen LogP contribution in [0, 0.1) is 0 Å². The zero-order valence-electron chi connectivity index (χ0n) is 11.4. The number of likely N-dealkylation sites (N-methyl/N-ethyl adjacent to an activating group) is 1. The van der Waals surface area contributed by atoms with Crippen LogP contribution in [0.1, 0.15) is 23.2 Å². The van der Waals surface area contributed by atoms with Gasteiger partial charge in [-0.3, -0.25) is 4.79 Å². The highest BCUT2D eigenvalue weighted by atomic mass is 79.9. The number of hydrogen-bond acceptors (Lipinski definition) is 3. The quantitative estimate of drug-likeness (QED) is 0.848. The van der Waals surface area contributed by atoms with Crippen LogP contribution in [0.15, 0.2) is 22.7 Å². The van der Waals surface area contributed by atoms with E-state index in [9.17, 15) is 4.79 Å². The predicted molar refractivity (Wildman–Crippen MR) is 81.2 cm³/mol. The van der Waals surface area contributed by atoms with Gasteiger partial charge in [-0.1, -0.05) is 0 Å². The minimum Gasteiger partial charge on any atom is -0.398 e. The smallest absolute Gasteiger partial charge is 0.253 e. The lowest BCUT2D eigenvalue weighted by Gasteiger charge is -2.36. The summed E-state index contributed by atoms with van der Waals surface area (Å²) < 4.78 is 0.777. The number of nitrogen functional groups attached to an aromatic ring is 1. The van der Waals surface area contributed by atoms with Crippen LogP contribution in [0.3, 0.4) is 0 Å². The van der Waals surface area contributed by atoms with Gasteiger partial charge in [0.1, 0.15) is 0 Å². The molecule has 1 heterocycles. The molecule has 1 aliphatic heterocycles.